The summed E-state index contributed by atoms with van der Waals surface area (Å²) < 4.78 is 15.7. The van der Waals surface area contributed by atoms with Crippen molar-refractivity contribution in [3.8, 4) is 11.5 Å². The number of aliphatic hydroxyl groups excluding tert-OH is 1. The third-order valence-corrected chi connectivity index (χ3v) is 2.74. The zero-order valence-electron chi connectivity index (χ0n) is 12.0. The van der Waals surface area contributed by atoms with Crippen LogP contribution in [0, 0.1) is 0 Å². The van der Waals surface area contributed by atoms with Crippen LogP contribution in [-0.4, -0.2) is 44.5 Å². The zero-order chi connectivity index (χ0) is 15.0. The number of benzene rings is 1. The molecule has 0 bridgehead atoms. The number of ether oxygens (including phenoxy) is 3. The number of esters is 1. The molecule has 20 heavy (non-hydrogen) atoms. The Morgan fingerprint density at radius 1 is 1.40 bits per heavy atom. The quantitative estimate of drug-likeness (QED) is 0.685. The Balaban J connectivity index is 2.70. The van der Waals surface area contributed by atoms with Crippen LogP contribution in [0.5, 0.6) is 11.5 Å². The number of methoxy groups -OCH3 is 1. The molecule has 0 spiro atoms. The molecule has 0 aliphatic carbocycles. The minimum atomic E-state index is -0.544. The summed E-state index contributed by atoms with van der Waals surface area (Å²) in [6.45, 7) is 2.14. The summed E-state index contributed by atoms with van der Waals surface area (Å²) in [6.07, 6.45) is 0. The van der Waals surface area contributed by atoms with Crippen LogP contribution in [0.25, 0.3) is 0 Å². The first-order chi connectivity index (χ1) is 9.65. The van der Waals surface area contributed by atoms with Crippen molar-refractivity contribution in [3.05, 3.63) is 23.8 Å². The molecule has 0 aliphatic heterocycles. The molecule has 1 aromatic rings. The second-order valence-corrected chi connectivity index (χ2v) is 4.05. The van der Waals surface area contributed by atoms with E-state index in [1.165, 1.54) is 7.11 Å². The smallest absolute Gasteiger partial charge is 0.326 e. The molecular weight excluding hydrogens is 262 g/mol. The molecular formula is C14H21NO5. The van der Waals surface area contributed by atoms with E-state index < -0.39 is 6.04 Å². The van der Waals surface area contributed by atoms with Crippen molar-refractivity contribution in [1.29, 1.82) is 0 Å². The number of likely N-dealkylation sites (N-methyl/N-ethyl adjacent to an activating group) is 1. The fraction of sp³-hybridized carbons (Fsp3) is 0.500. The Morgan fingerprint density at radius 2 is 2.15 bits per heavy atom. The first kappa shape index (κ1) is 16.3. The number of nitrogens with one attached hydrogen (secondary N) is 1. The molecule has 1 unspecified atom stereocenters. The highest BCUT2D eigenvalue weighted by molar-refractivity contribution is 5.75. The third kappa shape index (κ3) is 4.40. The molecule has 0 radical (unpaired) electrons. The Morgan fingerprint density at radius 3 is 2.70 bits per heavy atom. The predicted octanol–water partition coefficient (Wildman–Crippen LogP) is 0.717. The van der Waals surface area contributed by atoms with Gasteiger partial charge in [0.05, 0.1) is 20.3 Å². The third-order valence-electron chi connectivity index (χ3n) is 2.74. The number of aliphatic hydroxyl groups is 1. The van der Waals surface area contributed by atoms with Crippen LogP contribution in [0.3, 0.4) is 0 Å². The molecule has 1 atom stereocenters. The molecule has 6 nitrogen and oxygen atoms in total. The number of carbonyl (C=O) groups excluding carboxylic acids is 1. The lowest BCUT2D eigenvalue weighted by Gasteiger charge is -2.17. The maximum atomic E-state index is 11.6. The Kier molecular flexibility index (Phi) is 6.83. The largest absolute Gasteiger partial charge is 0.493 e. The van der Waals surface area contributed by atoms with Gasteiger partial charge in [0.15, 0.2) is 11.5 Å². The molecule has 0 fully saturated rings. The average Bonchev–Trinajstić information content (AvgIpc) is 2.48. The van der Waals surface area contributed by atoms with E-state index in [0.29, 0.717) is 18.1 Å². The van der Waals surface area contributed by atoms with Gasteiger partial charge in [0.2, 0.25) is 0 Å². The first-order valence-corrected chi connectivity index (χ1v) is 6.40. The molecule has 0 aromatic heterocycles. The number of rotatable bonds is 8. The maximum Gasteiger partial charge on any atom is 0.326 e. The van der Waals surface area contributed by atoms with Gasteiger partial charge in [-0.3, -0.25) is 4.79 Å². The van der Waals surface area contributed by atoms with Crippen molar-refractivity contribution in [2.45, 2.75) is 19.6 Å². The monoisotopic (exact) mass is 283 g/mol. The molecule has 112 valence electrons. The lowest BCUT2D eigenvalue weighted by molar-refractivity contribution is -0.146. The number of hydrogen-bond donors (Lipinski definition) is 2. The Labute approximate surface area is 118 Å². The highest BCUT2D eigenvalue weighted by Gasteiger charge is 2.19. The van der Waals surface area contributed by atoms with Gasteiger partial charge in [-0.2, -0.15) is 0 Å². The molecule has 0 aliphatic rings. The van der Waals surface area contributed by atoms with Crippen molar-refractivity contribution in [1.82, 2.24) is 5.32 Å². The summed E-state index contributed by atoms with van der Waals surface area (Å²) in [6, 6.07) is 4.57. The molecule has 1 rings (SSSR count). The van der Waals surface area contributed by atoms with Crippen molar-refractivity contribution >= 4 is 5.97 Å². The fourth-order valence-corrected chi connectivity index (χ4v) is 1.61. The Hall–Kier alpha value is -1.79. The Bertz CT molecular complexity index is 436. The van der Waals surface area contributed by atoms with Gasteiger partial charge in [0.25, 0.3) is 0 Å². The summed E-state index contributed by atoms with van der Waals surface area (Å²) in [5.74, 6) is 0.658. The maximum absolute atomic E-state index is 11.6. The van der Waals surface area contributed by atoms with Gasteiger partial charge in [-0.05, 0) is 31.7 Å². The highest BCUT2D eigenvalue weighted by Crippen LogP contribution is 2.28. The van der Waals surface area contributed by atoms with E-state index in [-0.39, 0.29) is 19.2 Å². The van der Waals surface area contributed by atoms with Crippen LogP contribution in [0.2, 0.25) is 0 Å². The van der Waals surface area contributed by atoms with Crippen LogP contribution in [0.1, 0.15) is 12.5 Å². The topological polar surface area (TPSA) is 77.0 Å². The number of carbonyl (C=O) groups is 1. The normalized spacial score (nSPS) is 11.8. The predicted molar refractivity (Wildman–Crippen MR) is 73.9 cm³/mol. The van der Waals surface area contributed by atoms with Gasteiger partial charge in [-0.25, -0.2) is 0 Å². The summed E-state index contributed by atoms with van der Waals surface area (Å²) in [4.78, 5) is 11.6. The van der Waals surface area contributed by atoms with E-state index in [1.807, 2.05) is 0 Å². The lowest BCUT2D eigenvalue weighted by atomic mass is 10.2. The fourth-order valence-electron chi connectivity index (χ4n) is 1.61. The molecule has 2 N–H and O–H groups in total. The van der Waals surface area contributed by atoms with Gasteiger partial charge in [-0.1, -0.05) is 6.07 Å². The van der Waals surface area contributed by atoms with Gasteiger partial charge < -0.3 is 24.6 Å². The average molecular weight is 283 g/mol. The molecule has 1 aromatic carbocycles. The minimum Gasteiger partial charge on any atom is -0.493 e. The van der Waals surface area contributed by atoms with Crippen LogP contribution < -0.4 is 14.8 Å². The zero-order valence-corrected chi connectivity index (χ0v) is 12.0. The van der Waals surface area contributed by atoms with Crippen LogP contribution in [-0.2, 0) is 16.1 Å². The molecule has 6 heteroatoms. The molecule has 0 amide bonds. The van der Waals surface area contributed by atoms with E-state index in [0.717, 1.165) is 5.56 Å². The van der Waals surface area contributed by atoms with E-state index >= 15 is 0 Å². The van der Waals surface area contributed by atoms with Gasteiger partial charge in [-0.15, -0.1) is 0 Å². The summed E-state index contributed by atoms with van der Waals surface area (Å²) >= 11 is 0. The summed E-state index contributed by atoms with van der Waals surface area (Å²) in [5, 5.41) is 11.9. The second-order valence-electron chi connectivity index (χ2n) is 4.05. The van der Waals surface area contributed by atoms with E-state index in [2.05, 4.69) is 5.32 Å². The highest BCUT2D eigenvalue weighted by atomic mass is 16.5. The van der Waals surface area contributed by atoms with Crippen molar-refractivity contribution in [2.24, 2.45) is 0 Å². The first-order valence-electron chi connectivity index (χ1n) is 6.40. The van der Waals surface area contributed by atoms with Gasteiger partial charge >= 0.3 is 5.97 Å². The molecule has 0 saturated carbocycles. The second kappa shape index (κ2) is 8.39. The van der Waals surface area contributed by atoms with Crippen molar-refractivity contribution < 1.29 is 24.1 Å². The summed E-state index contributed by atoms with van der Waals surface area (Å²) in [5.41, 5.74) is 0.727. The molecule has 0 heterocycles. The van der Waals surface area contributed by atoms with Gasteiger partial charge in [0.1, 0.15) is 12.6 Å². The minimum absolute atomic E-state index is 0.0708. The summed E-state index contributed by atoms with van der Waals surface area (Å²) in [7, 11) is 3.18. The lowest BCUT2D eigenvalue weighted by Crippen LogP contribution is -2.40. The van der Waals surface area contributed by atoms with Crippen LogP contribution in [0.4, 0.5) is 0 Å². The van der Waals surface area contributed by atoms with E-state index in [4.69, 9.17) is 19.3 Å². The van der Waals surface area contributed by atoms with Crippen LogP contribution >= 0.6 is 0 Å². The molecule has 0 saturated heterocycles. The van der Waals surface area contributed by atoms with E-state index in [9.17, 15) is 4.79 Å². The van der Waals surface area contributed by atoms with Crippen molar-refractivity contribution in [2.75, 3.05) is 27.4 Å². The van der Waals surface area contributed by atoms with E-state index in [1.54, 1.807) is 32.2 Å². The van der Waals surface area contributed by atoms with Crippen molar-refractivity contribution in [3.63, 3.8) is 0 Å². The SMILES string of the molecule is CCOC(=O)C(COc1ccc(CO)cc1OC)NC. The van der Waals surface area contributed by atoms with Gasteiger partial charge in [0, 0.05) is 0 Å². The number of hydrogen-bond acceptors (Lipinski definition) is 6. The van der Waals surface area contributed by atoms with Crippen LogP contribution in [0.15, 0.2) is 18.2 Å². The standard InChI is InChI=1S/C14H21NO5/c1-4-19-14(17)11(15-2)9-20-12-6-5-10(8-16)7-13(12)18-3/h5-7,11,15-16H,4,8-9H2,1-3H3.